The monoisotopic (exact) mass is 274 g/mol. The number of nitrogens with one attached hydrogen (secondary N) is 1. The van der Waals surface area contributed by atoms with Crippen molar-refractivity contribution in [2.75, 3.05) is 19.6 Å². The minimum absolute atomic E-state index is 0.150. The van der Waals surface area contributed by atoms with Crippen LogP contribution in [0.15, 0.2) is 30.3 Å². The van der Waals surface area contributed by atoms with Crippen molar-refractivity contribution in [2.45, 2.75) is 31.9 Å². The topological polar surface area (TPSA) is 41.6 Å². The molecule has 1 atom stereocenters. The molecule has 1 saturated carbocycles. The molecule has 20 heavy (non-hydrogen) atoms. The molecule has 2 fully saturated rings. The van der Waals surface area contributed by atoms with E-state index in [1.165, 1.54) is 0 Å². The molecule has 0 spiro atoms. The highest BCUT2D eigenvalue weighted by molar-refractivity contribution is 5.68. The second-order valence-electron chi connectivity index (χ2n) is 5.78. The van der Waals surface area contributed by atoms with Crippen LogP contribution < -0.4 is 5.32 Å². The van der Waals surface area contributed by atoms with Crippen LogP contribution in [0.25, 0.3) is 0 Å². The summed E-state index contributed by atoms with van der Waals surface area (Å²) in [6.45, 7) is 3.30. The van der Waals surface area contributed by atoms with Crippen molar-refractivity contribution < 1.29 is 9.53 Å². The van der Waals surface area contributed by atoms with Gasteiger partial charge in [-0.2, -0.15) is 0 Å². The van der Waals surface area contributed by atoms with E-state index in [0.717, 1.165) is 44.5 Å². The van der Waals surface area contributed by atoms with Crippen molar-refractivity contribution in [2.24, 2.45) is 5.92 Å². The smallest absolute Gasteiger partial charge is 0.410 e. The summed E-state index contributed by atoms with van der Waals surface area (Å²) in [4.78, 5) is 14.2. The Morgan fingerprint density at radius 1 is 1.25 bits per heavy atom. The predicted octanol–water partition coefficient (Wildman–Crippen LogP) is 2.40. The second-order valence-corrected chi connectivity index (χ2v) is 5.78. The van der Waals surface area contributed by atoms with Gasteiger partial charge in [0.25, 0.3) is 0 Å². The molecule has 1 N–H and O–H groups in total. The summed E-state index contributed by atoms with van der Waals surface area (Å²) >= 11 is 0. The molecule has 4 heteroatoms. The molecule has 1 aliphatic carbocycles. The van der Waals surface area contributed by atoms with Gasteiger partial charge in [-0.15, -0.1) is 0 Å². The molecule has 1 aromatic rings. The molecule has 108 valence electrons. The van der Waals surface area contributed by atoms with Crippen molar-refractivity contribution in [1.29, 1.82) is 0 Å². The molecule has 1 saturated heterocycles. The maximum atomic E-state index is 12.3. The van der Waals surface area contributed by atoms with Gasteiger partial charge < -0.3 is 15.0 Å². The van der Waals surface area contributed by atoms with Gasteiger partial charge in [-0.1, -0.05) is 30.3 Å². The number of carbonyl (C=O) groups is 1. The summed E-state index contributed by atoms with van der Waals surface area (Å²) in [6, 6.07) is 10.3. The summed E-state index contributed by atoms with van der Waals surface area (Å²) in [6.07, 6.45) is 3.26. The number of benzene rings is 1. The summed E-state index contributed by atoms with van der Waals surface area (Å²) in [5.74, 6) is 0.583. The average molecular weight is 274 g/mol. The Morgan fingerprint density at radius 2 is 2.05 bits per heavy atom. The Kier molecular flexibility index (Phi) is 4.21. The van der Waals surface area contributed by atoms with Crippen molar-refractivity contribution in [3.05, 3.63) is 35.9 Å². The Labute approximate surface area is 120 Å². The van der Waals surface area contributed by atoms with Crippen LogP contribution in [0.2, 0.25) is 0 Å². The molecule has 1 amide bonds. The highest BCUT2D eigenvalue weighted by atomic mass is 16.6. The standard InChI is InChI=1S/C16H22N2O2/c19-16(20-12-13-4-2-1-3-5-13)18(15-6-7-15)11-14-8-9-17-10-14/h1-5,14-15,17H,6-12H2/t14-/m1/s1. The number of amides is 1. The molecular formula is C16H22N2O2. The number of hydrogen-bond donors (Lipinski definition) is 1. The van der Waals surface area contributed by atoms with Crippen molar-refractivity contribution in [1.82, 2.24) is 10.2 Å². The normalized spacial score (nSPS) is 21.7. The molecule has 1 aliphatic heterocycles. The van der Waals surface area contributed by atoms with Gasteiger partial charge in [-0.05, 0) is 43.8 Å². The highest BCUT2D eigenvalue weighted by Crippen LogP contribution is 2.29. The van der Waals surface area contributed by atoms with E-state index in [9.17, 15) is 4.79 Å². The molecule has 4 nitrogen and oxygen atoms in total. The van der Waals surface area contributed by atoms with Crippen LogP contribution in [0.3, 0.4) is 0 Å². The minimum Gasteiger partial charge on any atom is -0.445 e. The first-order valence-corrected chi connectivity index (χ1v) is 7.51. The van der Waals surface area contributed by atoms with E-state index >= 15 is 0 Å². The Balaban J connectivity index is 1.52. The van der Waals surface area contributed by atoms with Crippen LogP contribution in [0.4, 0.5) is 4.79 Å². The van der Waals surface area contributed by atoms with E-state index in [0.29, 0.717) is 18.6 Å². The number of ether oxygens (including phenoxy) is 1. The van der Waals surface area contributed by atoms with E-state index < -0.39 is 0 Å². The van der Waals surface area contributed by atoms with E-state index in [1.54, 1.807) is 0 Å². The van der Waals surface area contributed by atoms with Gasteiger partial charge in [-0.3, -0.25) is 0 Å². The summed E-state index contributed by atoms with van der Waals surface area (Å²) in [5, 5.41) is 3.36. The molecule has 1 aromatic carbocycles. The largest absolute Gasteiger partial charge is 0.445 e. The fourth-order valence-electron chi connectivity index (χ4n) is 2.71. The first-order chi connectivity index (χ1) is 9.83. The van der Waals surface area contributed by atoms with Gasteiger partial charge in [0.2, 0.25) is 0 Å². The molecule has 3 rings (SSSR count). The van der Waals surface area contributed by atoms with Crippen LogP contribution in [0, 0.1) is 5.92 Å². The lowest BCUT2D eigenvalue weighted by Gasteiger charge is -2.24. The lowest BCUT2D eigenvalue weighted by molar-refractivity contribution is 0.0883. The number of nitrogens with zero attached hydrogens (tertiary/aromatic N) is 1. The first kappa shape index (κ1) is 13.4. The third kappa shape index (κ3) is 3.51. The van der Waals surface area contributed by atoms with E-state index in [-0.39, 0.29) is 6.09 Å². The molecule has 2 aliphatic rings. The van der Waals surface area contributed by atoms with Gasteiger partial charge in [0.1, 0.15) is 6.61 Å². The molecule has 0 aromatic heterocycles. The fourth-order valence-corrected chi connectivity index (χ4v) is 2.71. The first-order valence-electron chi connectivity index (χ1n) is 7.51. The predicted molar refractivity (Wildman–Crippen MR) is 77.3 cm³/mol. The zero-order chi connectivity index (χ0) is 13.8. The highest BCUT2D eigenvalue weighted by Gasteiger charge is 2.35. The van der Waals surface area contributed by atoms with Crippen LogP contribution in [0.1, 0.15) is 24.8 Å². The summed E-state index contributed by atoms with van der Waals surface area (Å²) in [5.41, 5.74) is 1.04. The summed E-state index contributed by atoms with van der Waals surface area (Å²) < 4.78 is 5.47. The molecular weight excluding hydrogens is 252 g/mol. The third-order valence-corrected chi connectivity index (χ3v) is 4.04. The van der Waals surface area contributed by atoms with Gasteiger partial charge in [0, 0.05) is 12.6 Å². The Bertz CT molecular complexity index is 439. The zero-order valence-corrected chi connectivity index (χ0v) is 11.8. The quantitative estimate of drug-likeness (QED) is 0.896. The van der Waals surface area contributed by atoms with Crippen LogP contribution in [-0.2, 0) is 11.3 Å². The van der Waals surface area contributed by atoms with E-state index in [4.69, 9.17) is 4.74 Å². The van der Waals surface area contributed by atoms with Gasteiger partial charge >= 0.3 is 6.09 Å². The van der Waals surface area contributed by atoms with Crippen LogP contribution in [0.5, 0.6) is 0 Å². The number of hydrogen-bond acceptors (Lipinski definition) is 3. The number of rotatable bonds is 5. The molecule has 1 heterocycles. The van der Waals surface area contributed by atoms with Crippen LogP contribution in [-0.4, -0.2) is 36.7 Å². The molecule has 0 unspecified atom stereocenters. The third-order valence-electron chi connectivity index (χ3n) is 4.04. The number of carbonyl (C=O) groups excluding carboxylic acids is 1. The van der Waals surface area contributed by atoms with Gasteiger partial charge in [0.05, 0.1) is 0 Å². The maximum absolute atomic E-state index is 12.3. The Morgan fingerprint density at radius 3 is 2.70 bits per heavy atom. The average Bonchev–Trinajstić information content (AvgIpc) is 3.20. The van der Waals surface area contributed by atoms with Crippen molar-refractivity contribution >= 4 is 6.09 Å². The lowest BCUT2D eigenvalue weighted by atomic mass is 10.1. The van der Waals surface area contributed by atoms with Gasteiger partial charge in [0.15, 0.2) is 0 Å². The van der Waals surface area contributed by atoms with Crippen LogP contribution >= 0.6 is 0 Å². The zero-order valence-electron chi connectivity index (χ0n) is 11.8. The Hall–Kier alpha value is -1.55. The summed E-state index contributed by atoms with van der Waals surface area (Å²) in [7, 11) is 0. The van der Waals surface area contributed by atoms with Gasteiger partial charge in [-0.25, -0.2) is 4.79 Å². The van der Waals surface area contributed by atoms with E-state index in [2.05, 4.69) is 5.32 Å². The molecule has 0 bridgehead atoms. The lowest BCUT2D eigenvalue weighted by Crippen LogP contribution is -2.38. The van der Waals surface area contributed by atoms with E-state index in [1.807, 2.05) is 35.2 Å². The van der Waals surface area contributed by atoms with Crippen molar-refractivity contribution in [3.63, 3.8) is 0 Å². The fraction of sp³-hybridized carbons (Fsp3) is 0.562. The van der Waals surface area contributed by atoms with Crippen molar-refractivity contribution in [3.8, 4) is 0 Å². The second kappa shape index (κ2) is 6.27. The maximum Gasteiger partial charge on any atom is 0.410 e. The minimum atomic E-state index is -0.150. The SMILES string of the molecule is O=C(OCc1ccccc1)N(C[C@@H]1CCNC1)C1CC1. The molecule has 0 radical (unpaired) electrons.